The average Bonchev–Trinajstić information content (AvgIpc) is 2.53. The van der Waals surface area contributed by atoms with Crippen LogP contribution in [-0.2, 0) is 17.4 Å². The smallest absolute Gasteiger partial charge is 0.345 e. The van der Waals surface area contributed by atoms with Crippen molar-refractivity contribution in [3.63, 3.8) is 0 Å². The summed E-state index contributed by atoms with van der Waals surface area (Å²) in [7, 11) is 0. The molecule has 1 N–H and O–H groups in total. The summed E-state index contributed by atoms with van der Waals surface area (Å²) >= 11 is 5.81. The number of carbonyl (C=O) groups is 1. The summed E-state index contributed by atoms with van der Waals surface area (Å²) in [5.74, 6) is 4.66. The minimum Gasteiger partial charge on any atom is -0.345 e. The fourth-order valence-electron chi connectivity index (χ4n) is 1.92. The van der Waals surface area contributed by atoms with Gasteiger partial charge in [0.1, 0.15) is 0 Å². The van der Waals surface area contributed by atoms with Gasteiger partial charge in [-0.05, 0) is 42.3 Å². The molecule has 0 bridgehead atoms. The SMILES string of the molecule is O=C(C#Cc1cccc(Cl)c1)NCCc1ccc(C(F)(F)F)cc1. The van der Waals surface area contributed by atoms with Gasteiger partial charge >= 0.3 is 6.18 Å². The van der Waals surface area contributed by atoms with E-state index in [1.165, 1.54) is 12.1 Å². The Morgan fingerprint density at radius 2 is 1.83 bits per heavy atom. The van der Waals surface area contributed by atoms with E-state index < -0.39 is 17.6 Å². The highest BCUT2D eigenvalue weighted by Crippen LogP contribution is 2.29. The molecule has 0 aliphatic carbocycles. The van der Waals surface area contributed by atoms with Crippen molar-refractivity contribution in [2.75, 3.05) is 6.54 Å². The van der Waals surface area contributed by atoms with Crippen LogP contribution in [0.25, 0.3) is 0 Å². The highest BCUT2D eigenvalue weighted by Gasteiger charge is 2.29. The van der Waals surface area contributed by atoms with Crippen molar-refractivity contribution in [3.05, 3.63) is 70.2 Å². The van der Waals surface area contributed by atoms with E-state index >= 15 is 0 Å². The maximum absolute atomic E-state index is 12.4. The standard InChI is InChI=1S/C18H13ClF3NO/c19-16-3-1-2-14(12-16)6-9-17(24)23-11-10-13-4-7-15(8-5-13)18(20,21)22/h1-5,7-8,12H,10-11H2,(H,23,24). The molecule has 0 atom stereocenters. The molecular formula is C18H13ClF3NO. The Balaban J connectivity index is 1.83. The number of hydrogen-bond donors (Lipinski definition) is 1. The third-order valence-corrected chi connectivity index (χ3v) is 3.36. The lowest BCUT2D eigenvalue weighted by Crippen LogP contribution is -2.24. The van der Waals surface area contributed by atoms with Crippen LogP contribution >= 0.6 is 11.6 Å². The summed E-state index contributed by atoms with van der Waals surface area (Å²) in [5, 5.41) is 3.13. The number of nitrogens with one attached hydrogen (secondary N) is 1. The van der Waals surface area contributed by atoms with Crippen LogP contribution in [0.1, 0.15) is 16.7 Å². The van der Waals surface area contributed by atoms with Crippen LogP contribution in [0.5, 0.6) is 0 Å². The van der Waals surface area contributed by atoms with Crippen molar-refractivity contribution in [3.8, 4) is 11.8 Å². The zero-order valence-corrected chi connectivity index (χ0v) is 13.2. The molecule has 124 valence electrons. The first-order valence-electron chi connectivity index (χ1n) is 7.06. The van der Waals surface area contributed by atoms with Crippen LogP contribution in [0.15, 0.2) is 48.5 Å². The molecule has 0 heterocycles. The Morgan fingerprint density at radius 3 is 2.46 bits per heavy atom. The van der Waals surface area contributed by atoms with Gasteiger partial charge in [0.2, 0.25) is 0 Å². The van der Waals surface area contributed by atoms with Crippen molar-refractivity contribution in [2.24, 2.45) is 0 Å². The van der Waals surface area contributed by atoms with Gasteiger partial charge in [0.05, 0.1) is 5.56 Å². The van der Waals surface area contributed by atoms with Crippen LogP contribution in [-0.4, -0.2) is 12.5 Å². The van der Waals surface area contributed by atoms with E-state index in [0.717, 1.165) is 12.1 Å². The summed E-state index contributed by atoms with van der Waals surface area (Å²) in [5.41, 5.74) is 0.633. The van der Waals surface area contributed by atoms with Gasteiger partial charge in [-0.25, -0.2) is 0 Å². The molecule has 24 heavy (non-hydrogen) atoms. The van der Waals surface area contributed by atoms with E-state index in [9.17, 15) is 18.0 Å². The fraction of sp³-hybridized carbons (Fsp3) is 0.167. The van der Waals surface area contributed by atoms with Crippen LogP contribution in [0, 0.1) is 11.8 Å². The Labute approximate surface area is 142 Å². The number of rotatable bonds is 3. The molecule has 1 amide bonds. The van der Waals surface area contributed by atoms with Gasteiger partial charge in [-0.15, -0.1) is 0 Å². The Bertz CT molecular complexity index is 773. The van der Waals surface area contributed by atoms with Gasteiger partial charge in [0, 0.05) is 23.1 Å². The number of benzene rings is 2. The number of carbonyl (C=O) groups excluding carboxylic acids is 1. The monoisotopic (exact) mass is 351 g/mol. The van der Waals surface area contributed by atoms with E-state index in [2.05, 4.69) is 17.2 Å². The zero-order chi connectivity index (χ0) is 17.6. The third kappa shape index (κ3) is 5.64. The lowest BCUT2D eigenvalue weighted by molar-refractivity contribution is -0.137. The maximum atomic E-state index is 12.4. The van der Waals surface area contributed by atoms with E-state index in [4.69, 9.17) is 11.6 Å². The maximum Gasteiger partial charge on any atom is 0.416 e. The minimum atomic E-state index is -4.34. The molecule has 0 aromatic heterocycles. The second-order valence-corrected chi connectivity index (χ2v) is 5.40. The first-order chi connectivity index (χ1) is 11.3. The van der Waals surface area contributed by atoms with Crippen molar-refractivity contribution < 1.29 is 18.0 Å². The van der Waals surface area contributed by atoms with Crippen LogP contribution < -0.4 is 5.32 Å². The van der Waals surface area contributed by atoms with E-state index in [-0.39, 0.29) is 6.54 Å². The molecule has 2 rings (SSSR count). The van der Waals surface area contributed by atoms with E-state index in [1.807, 2.05) is 0 Å². The van der Waals surface area contributed by atoms with E-state index in [0.29, 0.717) is 22.6 Å². The van der Waals surface area contributed by atoms with E-state index in [1.54, 1.807) is 24.3 Å². The predicted molar refractivity (Wildman–Crippen MR) is 86.5 cm³/mol. The normalized spacial score (nSPS) is 10.7. The number of amides is 1. The highest BCUT2D eigenvalue weighted by molar-refractivity contribution is 6.30. The molecule has 6 heteroatoms. The second kappa shape index (κ2) is 7.89. The van der Waals surface area contributed by atoms with Gasteiger partial charge in [-0.3, -0.25) is 4.79 Å². The highest BCUT2D eigenvalue weighted by atomic mass is 35.5. The number of alkyl halides is 3. The van der Waals surface area contributed by atoms with Crippen LogP contribution in [0.2, 0.25) is 5.02 Å². The Kier molecular flexibility index (Phi) is 5.88. The van der Waals surface area contributed by atoms with Crippen LogP contribution in [0.4, 0.5) is 13.2 Å². The molecule has 0 fully saturated rings. The van der Waals surface area contributed by atoms with Crippen molar-refractivity contribution in [2.45, 2.75) is 12.6 Å². The quantitative estimate of drug-likeness (QED) is 0.830. The molecule has 2 aromatic rings. The lowest BCUT2D eigenvalue weighted by atomic mass is 10.1. The average molecular weight is 352 g/mol. The second-order valence-electron chi connectivity index (χ2n) is 4.96. The van der Waals surface area contributed by atoms with Gasteiger partial charge < -0.3 is 5.32 Å². The topological polar surface area (TPSA) is 29.1 Å². The molecule has 0 spiro atoms. The van der Waals surface area contributed by atoms with Gasteiger partial charge in [-0.1, -0.05) is 35.7 Å². The Hall–Kier alpha value is -2.45. The molecule has 0 radical (unpaired) electrons. The number of halogens is 4. The Morgan fingerprint density at radius 1 is 1.12 bits per heavy atom. The summed E-state index contributed by atoms with van der Waals surface area (Å²) < 4.78 is 37.3. The largest absolute Gasteiger partial charge is 0.416 e. The molecule has 0 aliphatic heterocycles. The molecule has 0 aliphatic rings. The molecular weight excluding hydrogens is 339 g/mol. The number of hydrogen-bond acceptors (Lipinski definition) is 1. The van der Waals surface area contributed by atoms with Gasteiger partial charge in [-0.2, -0.15) is 13.2 Å². The summed E-state index contributed by atoms with van der Waals surface area (Å²) in [6, 6.07) is 11.6. The molecule has 0 saturated carbocycles. The lowest BCUT2D eigenvalue weighted by Gasteiger charge is -2.07. The predicted octanol–water partition coefficient (Wildman–Crippen LogP) is 4.07. The van der Waals surface area contributed by atoms with Gasteiger partial charge in [0.25, 0.3) is 5.91 Å². The van der Waals surface area contributed by atoms with Crippen molar-refractivity contribution >= 4 is 17.5 Å². The fourth-order valence-corrected chi connectivity index (χ4v) is 2.11. The third-order valence-electron chi connectivity index (χ3n) is 3.13. The molecule has 2 nitrogen and oxygen atoms in total. The summed E-state index contributed by atoms with van der Waals surface area (Å²) in [6.45, 7) is 0.286. The summed E-state index contributed by atoms with van der Waals surface area (Å²) in [6.07, 6.45) is -3.93. The minimum absolute atomic E-state index is 0.286. The summed E-state index contributed by atoms with van der Waals surface area (Å²) in [4.78, 5) is 11.6. The first kappa shape index (κ1) is 17.9. The first-order valence-corrected chi connectivity index (χ1v) is 7.44. The molecule has 0 saturated heterocycles. The molecule has 2 aromatic carbocycles. The van der Waals surface area contributed by atoms with Crippen molar-refractivity contribution in [1.82, 2.24) is 5.32 Å². The zero-order valence-electron chi connectivity index (χ0n) is 12.5. The van der Waals surface area contributed by atoms with Crippen molar-refractivity contribution in [1.29, 1.82) is 0 Å². The van der Waals surface area contributed by atoms with Gasteiger partial charge in [0.15, 0.2) is 0 Å². The molecule has 0 unspecified atom stereocenters. The van der Waals surface area contributed by atoms with Crippen LogP contribution in [0.3, 0.4) is 0 Å².